The van der Waals surface area contributed by atoms with Crippen molar-refractivity contribution in [2.45, 2.75) is 70.7 Å². The van der Waals surface area contributed by atoms with Crippen molar-refractivity contribution in [2.24, 2.45) is 10.9 Å². The zero-order valence-electron chi connectivity index (χ0n) is 21.0. The highest BCUT2D eigenvalue weighted by Gasteiger charge is 2.32. The molecule has 2 aliphatic rings. The van der Waals surface area contributed by atoms with Crippen LogP contribution in [0.1, 0.15) is 67.3 Å². The molecule has 1 aromatic heterocycles. The summed E-state index contributed by atoms with van der Waals surface area (Å²) in [6, 6.07) is 3.05. The van der Waals surface area contributed by atoms with E-state index in [0.717, 1.165) is 55.8 Å². The zero-order valence-corrected chi connectivity index (χ0v) is 21.8. The highest BCUT2D eigenvalue weighted by molar-refractivity contribution is 7.09. The fraction of sp³-hybridized carbons (Fsp3) is 0.615. The highest BCUT2D eigenvalue weighted by atomic mass is 32.1. The molecule has 10 heteroatoms. The average molecular weight is 526 g/mol. The minimum Gasteiger partial charge on any atom is -0.492 e. The summed E-state index contributed by atoms with van der Waals surface area (Å²) in [6.45, 7) is 9.55. The lowest BCUT2D eigenvalue weighted by Crippen LogP contribution is -2.30. The van der Waals surface area contributed by atoms with Gasteiger partial charge in [0.1, 0.15) is 5.75 Å². The van der Waals surface area contributed by atoms with Crippen LogP contribution in [0.3, 0.4) is 0 Å². The third-order valence-electron chi connectivity index (χ3n) is 6.55. The normalized spacial score (nSPS) is 20.2. The number of ether oxygens (including phenoxy) is 2. The number of thiazole rings is 1. The van der Waals surface area contributed by atoms with E-state index in [2.05, 4.69) is 31.1 Å². The maximum Gasteiger partial charge on any atom is 0.416 e. The van der Waals surface area contributed by atoms with Crippen LogP contribution in [0, 0.1) is 5.92 Å². The Balaban J connectivity index is 1.68. The summed E-state index contributed by atoms with van der Waals surface area (Å²) in [5.74, 6) is -0.327. The number of alkyl halides is 3. The number of carbonyl (C=O) groups is 1. The smallest absolute Gasteiger partial charge is 0.416 e. The van der Waals surface area contributed by atoms with Crippen molar-refractivity contribution in [3.05, 3.63) is 45.2 Å². The van der Waals surface area contributed by atoms with E-state index < -0.39 is 17.6 Å². The summed E-state index contributed by atoms with van der Waals surface area (Å²) in [6.07, 6.45) is 1.16. The number of carbonyl (C=O) groups excluding carboxylic acids is 1. The number of amides is 1. The predicted octanol–water partition coefficient (Wildman–Crippen LogP) is 5.16. The lowest BCUT2D eigenvalue weighted by molar-refractivity contribution is -0.137. The van der Waals surface area contributed by atoms with E-state index in [0.29, 0.717) is 24.6 Å². The van der Waals surface area contributed by atoms with Gasteiger partial charge in [0.05, 0.1) is 30.4 Å². The van der Waals surface area contributed by atoms with E-state index in [9.17, 15) is 18.0 Å². The molecule has 6 nitrogen and oxygen atoms in total. The second-order valence-corrected chi connectivity index (χ2v) is 11.6. The SMILES string of the molecule is CC(C)(C)c1cn(C[C@H]2CCCO2)/c(=N/C(=O)c2cc(C(F)(F)F)ccc2OCC2CCNCC2)s1. The average Bonchev–Trinajstić information content (AvgIpc) is 3.48. The van der Waals surface area contributed by atoms with Gasteiger partial charge in [0.2, 0.25) is 0 Å². The number of benzene rings is 1. The molecule has 198 valence electrons. The Bertz CT molecular complexity index is 1120. The lowest BCUT2D eigenvalue weighted by atomic mass is 9.95. The van der Waals surface area contributed by atoms with Gasteiger partial charge in [-0.1, -0.05) is 20.8 Å². The van der Waals surface area contributed by atoms with Crippen LogP contribution in [0.15, 0.2) is 29.4 Å². The number of hydrogen-bond donors (Lipinski definition) is 1. The van der Waals surface area contributed by atoms with Gasteiger partial charge in [-0.2, -0.15) is 18.2 Å². The molecule has 0 radical (unpaired) electrons. The molecule has 1 aromatic carbocycles. The molecule has 2 aliphatic heterocycles. The third kappa shape index (κ3) is 6.77. The summed E-state index contributed by atoms with van der Waals surface area (Å²) in [7, 11) is 0. The van der Waals surface area contributed by atoms with Gasteiger partial charge < -0.3 is 19.4 Å². The number of nitrogens with one attached hydrogen (secondary N) is 1. The molecular formula is C26H34F3N3O3S. The van der Waals surface area contributed by atoms with Crippen molar-refractivity contribution >= 4 is 17.2 Å². The molecule has 1 amide bonds. The van der Waals surface area contributed by atoms with Crippen LogP contribution < -0.4 is 14.9 Å². The van der Waals surface area contributed by atoms with Crippen molar-refractivity contribution in [2.75, 3.05) is 26.3 Å². The van der Waals surface area contributed by atoms with Gasteiger partial charge in [-0.15, -0.1) is 11.3 Å². The minimum absolute atomic E-state index is 0.0268. The van der Waals surface area contributed by atoms with Gasteiger partial charge >= 0.3 is 6.18 Å². The van der Waals surface area contributed by atoms with Gasteiger partial charge in [0.15, 0.2) is 4.80 Å². The first-order valence-electron chi connectivity index (χ1n) is 12.5. The summed E-state index contributed by atoms with van der Waals surface area (Å²) in [5, 5.41) is 3.28. The Labute approximate surface area is 213 Å². The van der Waals surface area contributed by atoms with Gasteiger partial charge in [-0.3, -0.25) is 4.79 Å². The van der Waals surface area contributed by atoms with E-state index in [1.165, 1.54) is 17.4 Å². The fourth-order valence-electron chi connectivity index (χ4n) is 4.35. The molecule has 2 saturated heterocycles. The Morgan fingerprint density at radius 1 is 1.22 bits per heavy atom. The number of halogens is 3. The first-order valence-corrected chi connectivity index (χ1v) is 13.3. The molecule has 2 fully saturated rings. The quantitative estimate of drug-likeness (QED) is 0.566. The topological polar surface area (TPSA) is 64.9 Å². The van der Waals surface area contributed by atoms with Crippen LogP contribution in [-0.4, -0.2) is 42.9 Å². The van der Waals surface area contributed by atoms with E-state index >= 15 is 0 Å². The minimum atomic E-state index is -4.58. The molecule has 0 aliphatic carbocycles. The van der Waals surface area contributed by atoms with E-state index in [-0.39, 0.29) is 28.7 Å². The molecule has 0 bridgehead atoms. The molecule has 0 saturated carbocycles. The number of hydrogen-bond acceptors (Lipinski definition) is 5. The fourth-order valence-corrected chi connectivity index (χ4v) is 5.41. The molecule has 4 rings (SSSR count). The van der Waals surface area contributed by atoms with Crippen LogP contribution in [0.2, 0.25) is 0 Å². The molecule has 2 aromatic rings. The Kier molecular flexibility index (Phi) is 8.26. The van der Waals surface area contributed by atoms with E-state index in [4.69, 9.17) is 9.47 Å². The molecule has 1 atom stereocenters. The molecule has 1 N–H and O–H groups in total. The number of rotatable bonds is 6. The van der Waals surface area contributed by atoms with Crippen molar-refractivity contribution in [3.63, 3.8) is 0 Å². The van der Waals surface area contributed by atoms with Gasteiger partial charge in [-0.25, -0.2) is 0 Å². The number of piperidine rings is 1. The monoisotopic (exact) mass is 525 g/mol. The zero-order chi connectivity index (χ0) is 25.9. The molecular weight excluding hydrogens is 491 g/mol. The van der Waals surface area contributed by atoms with Crippen molar-refractivity contribution < 1.29 is 27.4 Å². The first-order chi connectivity index (χ1) is 17.0. The summed E-state index contributed by atoms with van der Waals surface area (Å²) in [4.78, 5) is 19.1. The van der Waals surface area contributed by atoms with Crippen LogP contribution in [0.25, 0.3) is 0 Å². The van der Waals surface area contributed by atoms with Crippen molar-refractivity contribution in [1.82, 2.24) is 9.88 Å². The molecule has 0 unspecified atom stereocenters. The lowest BCUT2D eigenvalue weighted by Gasteiger charge is -2.23. The van der Waals surface area contributed by atoms with Crippen LogP contribution in [0.5, 0.6) is 5.75 Å². The highest BCUT2D eigenvalue weighted by Crippen LogP contribution is 2.33. The molecule has 36 heavy (non-hydrogen) atoms. The number of aromatic nitrogens is 1. The molecule has 0 spiro atoms. The Morgan fingerprint density at radius 2 is 1.97 bits per heavy atom. The summed E-state index contributed by atoms with van der Waals surface area (Å²) < 4.78 is 54.0. The van der Waals surface area contributed by atoms with Crippen LogP contribution in [0.4, 0.5) is 13.2 Å². The number of nitrogens with zero attached hydrogens (tertiary/aromatic N) is 2. The van der Waals surface area contributed by atoms with Crippen molar-refractivity contribution in [3.8, 4) is 5.75 Å². The molecule has 3 heterocycles. The van der Waals surface area contributed by atoms with Crippen LogP contribution >= 0.6 is 11.3 Å². The van der Waals surface area contributed by atoms with Gasteiger partial charge in [0, 0.05) is 17.7 Å². The second-order valence-electron chi connectivity index (χ2n) is 10.5. The Hall–Kier alpha value is -2.17. The van der Waals surface area contributed by atoms with Crippen LogP contribution in [-0.2, 0) is 22.9 Å². The van der Waals surface area contributed by atoms with Gasteiger partial charge in [-0.05, 0) is 68.3 Å². The predicted molar refractivity (Wildman–Crippen MR) is 132 cm³/mol. The summed E-state index contributed by atoms with van der Waals surface area (Å²) >= 11 is 1.37. The Morgan fingerprint density at radius 3 is 2.61 bits per heavy atom. The summed E-state index contributed by atoms with van der Waals surface area (Å²) in [5.41, 5.74) is -1.24. The van der Waals surface area contributed by atoms with Gasteiger partial charge in [0.25, 0.3) is 5.91 Å². The third-order valence-corrected chi connectivity index (χ3v) is 8.00. The second kappa shape index (κ2) is 11.1. The first kappa shape index (κ1) is 26.9. The van der Waals surface area contributed by atoms with Crippen molar-refractivity contribution in [1.29, 1.82) is 0 Å². The standard InChI is InChI=1S/C26H34F3N3O3S/c1-25(2,3)22-15-32(14-19-5-4-12-34-19)24(36-22)31-23(33)20-13-18(26(27,28)29)6-7-21(20)35-16-17-8-10-30-11-9-17/h6-7,13,15,17,19,30H,4-5,8-12,14,16H2,1-3H3/b31-24-/t19-/m1/s1. The maximum absolute atomic E-state index is 13.5. The van der Waals surface area contributed by atoms with E-state index in [1.54, 1.807) is 0 Å². The maximum atomic E-state index is 13.5. The largest absolute Gasteiger partial charge is 0.492 e. The van der Waals surface area contributed by atoms with E-state index in [1.807, 2.05) is 10.8 Å².